The molecule has 1 N–H and O–H groups in total. The molecule has 6 nitrogen and oxygen atoms in total. The number of ether oxygens (including phenoxy) is 1. The molecule has 0 spiro atoms. The average Bonchev–Trinajstić information content (AvgIpc) is 3.30. The highest BCUT2D eigenvalue weighted by Crippen LogP contribution is 2.28. The zero-order valence-electron chi connectivity index (χ0n) is 19.0. The number of amides is 1. The van der Waals surface area contributed by atoms with E-state index in [2.05, 4.69) is 51.5 Å². The highest BCUT2D eigenvalue weighted by Gasteiger charge is 2.35. The zero-order chi connectivity index (χ0) is 22.2. The van der Waals surface area contributed by atoms with Crippen LogP contribution in [-0.4, -0.2) is 62.8 Å². The van der Waals surface area contributed by atoms with Crippen molar-refractivity contribution >= 4 is 22.6 Å². The van der Waals surface area contributed by atoms with Gasteiger partial charge >= 0.3 is 0 Å². The third-order valence-electron chi connectivity index (χ3n) is 7.50. The van der Waals surface area contributed by atoms with Crippen LogP contribution in [0.1, 0.15) is 34.5 Å². The molecule has 33 heavy (non-hydrogen) atoms. The highest BCUT2D eigenvalue weighted by molar-refractivity contribution is 5.96. The molecule has 4 aliphatic heterocycles. The van der Waals surface area contributed by atoms with Gasteiger partial charge in [-0.1, -0.05) is 18.2 Å². The summed E-state index contributed by atoms with van der Waals surface area (Å²) in [6.07, 6.45) is 3.22. The summed E-state index contributed by atoms with van der Waals surface area (Å²) in [5.74, 6) is 0.920. The quantitative estimate of drug-likeness (QED) is 0.649. The smallest absolute Gasteiger partial charge is 0.287 e. The van der Waals surface area contributed by atoms with Crippen LogP contribution in [0.5, 0.6) is 0 Å². The summed E-state index contributed by atoms with van der Waals surface area (Å²) in [5.41, 5.74) is 4.51. The molecule has 2 bridgehead atoms. The predicted octanol–water partition coefficient (Wildman–Crippen LogP) is 3.68. The second-order valence-corrected chi connectivity index (χ2v) is 9.64. The van der Waals surface area contributed by atoms with Gasteiger partial charge in [-0.3, -0.25) is 4.79 Å². The Kier molecular flexibility index (Phi) is 5.56. The number of benzene rings is 2. The molecule has 4 aliphatic rings. The van der Waals surface area contributed by atoms with Gasteiger partial charge in [0.05, 0.1) is 13.2 Å². The first-order valence-corrected chi connectivity index (χ1v) is 12.2. The van der Waals surface area contributed by atoms with E-state index in [0.29, 0.717) is 11.7 Å². The fourth-order valence-electron chi connectivity index (χ4n) is 5.56. The van der Waals surface area contributed by atoms with Crippen LogP contribution in [0.25, 0.3) is 11.0 Å². The van der Waals surface area contributed by atoms with E-state index in [1.807, 2.05) is 12.1 Å². The Morgan fingerprint density at radius 1 is 0.939 bits per heavy atom. The number of hydrogen-bond acceptors (Lipinski definition) is 5. The molecule has 1 atom stereocenters. The van der Waals surface area contributed by atoms with Gasteiger partial charge in [0.1, 0.15) is 5.58 Å². The Labute approximate surface area is 194 Å². The minimum atomic E-state index is -0.0924. The van der Waals surface area contributed by atoms with Crippen molar-refractivity contribution in [3.8, 4) is 0 Å². The van der Waals surface area contributed by atoms with Gasteiger partial charge in [-0.25, -0.2) is 0 Å². The number of hydrogen-bond donors (Lipinski definition) is 1. The molecule has 0 unspecified atom stereocenters. The van der Waals surface area contributed by atoms with E-state index < -0.39 is 0 Å². The van der Waals surface area contributed by atoms with Gasteiger partial charge in [0.25, 0.3) is 5.91 Å². The van der Waals surface area contributed by atoms with Gasteiger partial charge in [0, 0.05) is 36.7 Å². The minimum absolute atomic E-state index is 0.0924. The Hall–Kier alpha value is -2.83. The van der Waals surface area contributed by atoms with E-state index in [0.717, 1.165) is 50.2 Å². The lowest BCUT2D eigenvalue weighted by atomic mass is 9.84. The largest absolute Gasteiger partial charge is 0.451 e. The SMILES string of the molecule is O=C(N[C@H]1CN2CCC1CC2)c1cc2cc(Cc3ccc(N4CCOCC4)cc3)ccc2o1. The number of furan rings is 1. The molecule has 2 aromatic carbocycles. The van der Waals surface area contributed by atoms with Gasteiger partial charge < -0.3 is 24.3 Å². The van der Waals surface area contributed by atoms with E-state index in [4.69, 9.17) is 9.15 Å². The Morgan fingerprint density at radius 3 is 2.42 bits per heavy atom. The maximum Gasteiger partial charge on any atom is 0.287 e. The predicted molar refractivity (Wildman–Crippen MR) is 129 cm³/mol. The van der Waals surface area contributed by atoms with Gasteiger partial charge in [-0.15, -0.1) is 0 Å². The standard InChI is InChI=1S/C27H31N3O3/c31-27(28-24-18-29-9-7-21(24)8-10-29)26-17-22-16-20(3-6-25(22)33-26)15-19-1-4-23(5-2-19)30-11-13-32-14-12-30/h1-6,16-17,21,24H,7-15,18H2,(H,28,31)/t24-/m0/s1. The lowest BCUT2D eigenvalue weighted by Crippen LogP contribution is -2.57. The third-order valence-corrected chi connectivity index (χ3v) is 7.50. The van der Waals surface area contributed by atoms with Gasteiger partial charge in [0.15, 0.2) is 5.76 Å². The maximum absolute atomic E-state index is 12.9. The average molecular weight is 446 g/mol. The van der Waals surface area contributed by atoms with Crippen LogP contribution in [0.2, 0.25) is 0 Å². The highest BCUT2D eigenvalue weighted by atomic mass is 16.5. The normalized spacial score (nSPS) is 24.8. The molecular formula is C27H31N3O3. The van der Waals surface area contributed by atoms with Crippen molar-refractivity contribution in [2.24, 2.45) is 5.92 Å². The summed E-state index contributed by atoms with van der Waals surface area (Å²) in [6.45, 7) is 6.79. The van der Waals surface area contributed by atoms with Crippen LogP contribution < -0.4 is 10.2 Å². The van der Waals surface area contributed by atoms with Crippen LogP contribution in [-0.2, 0) is 11.2 Å². The van der Waals surface area contributed by atoms with E-state index >= 15 is 0 Å². The summed E-state index contributed by atoms with van der Waals surface area (Å²) >= 11 is 0. The summed E-state index contributed by atoms with van der Waals surface area (Å²) < 4.78 is 11.3. The first-order valence-electron chi connectivity index (χ1n) is 12.2. The number of nitrogens with one attached hydrogen (secondary N) is 1. The fourth-order valence-corrected chi connectivity index (χ4v) is 5.56. The lowest BCUT2D eigenvalue weighted by molar-refractivity contribution is 0.0607. The second-order valence-electron chi connectivity index (χ2n) is 9.64. The summed E-state index contributed by atoms with van der Waals surface area (Å²) in [4.78, 5) is 17.7. The fraction of sp³-hybridized carbons (Fsp3) is 0.444. The first-order chi connectivity index (χ1) is 16.2. The maximum atomic E-state index is 12.9. The molecule has 0 saturated carbocycles. The number of carbonyl (C=O) groups is 1. The number of piperidine rings is 3. The molecule has 1 amide bonds. The van der Waals surface area contributed by atoms with Crippen molar-refractivity contribution in [2.75, 3.05) is 50.8 Å². The number of fused-ring (bicyclic) bond motifs is 4. The lowest BCUT2D eigenvalue weighted by Gasteiger charge is -2.44. The summed E-state index contributed by atoms with van der Waals surface area (Å²) in [6, 6.07) is 17.2. The van der Waals surface area contributed by atoms with Crippen molar-refractivity contribution < 1.29 is 13.9 Å². The molecule has 3 aromatic rings. The topological polar surface area (TPSA) is 58.0 Å². The molecule has 6 heteroatoms. The second kappa shape index (κ2) is 8.84. The van der Waals surface area contributed by atoms with Gasteiger partial charge in [-0.05, 0) is 79.7 Å². The van der Waals surface area contributed by atoms with Crippen LogP contribution in [0, 0.1) is 5.92 Å². The van der Waals surface area contributed by atoms with Crippen LogP contribution in [0.15, 0.2) is 52.9 Å². The molecule has 4 fully saturated rings. The van der Waals surface area contributed by atoms with E-state index in [1.54, 1.807) is 0 Å². The van der Waals surface area contributed by atoms with Crippen molar-refractivity contribution in [1.82, 2.24) is 10.2 Å². The van der Waals surface area contributed by atoms with E-state index in [-0.39, 0.29) is 11.9 Å². The number of anilines is 1. The van der Waals surface area contributed by atoms with Gasteiger partial charge in [-0.2, -0.15) is 0 Å². The number of carbonyl (C=O) groups excluding carboxylic acids is 1. The van der Waals surface area contributed by atoms with E-state index in [1.165, 1.54) is 42.7 Å². The Balaban J connectivity index is 1.13. The van der Waals surface area contributed by atoms with Crippen LogP contribution in [0.3, 0.4) is 0 Å². The van der Waals surface area contributed by atoms with Gasteiger partial charge in [0.2, 0.25) is 0 Å². The van der Waals surface area contributed by atoms with Crippen molar-refractivity contribution in [3.05, 3.63) is 65.4 Å². The number of morpholine rings is 1. The van der Waals surface area contributed by atoms with Crippen molar-refractivity contribution in [2.45, 2.75) is 25.3 Å². The van der Waals surface area contributed by atoms with Crippen molar-refractivity contribution in [1.29, 1.82) is 0 Å². The monoisotopic (exact) mass is 445 g/mol. The number of nitrogens with zero attached hydrogens (tertiary/aromatic N) is 2. The van der Waals surface area contributed by atoms with Crippen LogP contribution >= 0.6 is 0 Å². The summed E-state index contributed by atoms with van der Waals surface area (Å²) in [5, 5.41) is 4.21. The zero-order valence-corrected chi connectivity index (χ0v) is 19.0. The third kappa shape index (κ3) is 4.37. The molecule has 0 radical (unpaired) electrons. The molecule has 172 valence electrons. The Morgan fingerprint density at radius 2 is 1.70 bits per heavy atom. The molecule has 0 aliphatic carbocycles. The molecular weight excluding hydrogens is 414 g/mol. The van der Waals surface area contributed by atoms with Crippen LogP contribution in [0.4, 0.5) is 5.69 Å². The molecule has 5 heterocycles. The van der Waals surface area contributed by atoms with E-state index in [9.17, 15) is 4.79 Å². The number of rotatable bonds is 5. The molecule has 1 aromatic heterocycles. The Bertz CT molecular complexity index is 1130. The molecule has 7 rings (SSSR count). The first kappa shape index (κ1) is 20.8. The molecule has 4 saturated heterocycles. The minimum Gasteiger partial charge on any atom is -0.451 e. The van der Waals surface area contributed by atoms with Crippen molar-refractivity contribution in [3.63, 3.8) is 0 Å². The summed E-state index contributed by atoms with van der Waals surface area (Å²) in [7, 11) is 0.